The SMILES string of the molecule is CCC1CN(CCOc2ccc([C@@H]3c4ccc([C@@H](C)O)cc4C[C@@H](C)N3CC(F)(F)CO)cc2)C1. The number of rotatable bonds is 10. The van der Waals surface area contributed by atoms with Gasteiger partial charge in [0.1, 0.15) is 19.0 Å². The first-order chi connectivity index (χ1) is 16.7. The third-order valence-electron chi connectivity index (χ3n) is 7.48. The van der Waals surface area contributed by atoms with E-state index in [4.69, 9.17) is 4.74 Å². The average Bonchev–Trinajstić information content (AvgIpc) is 2.81. The standard InChI is InChI=1S/C28H38F2N2O3/c1-4-21-15-31(16-21)11-12-35-25-8-5-22(6-9-25)27-26-10-7-23(20(3)34)14-24(26)13-19(2)32(27)17-28(29,30)18-33/h5-10,14,19-21,27,33-34H,4,11-13,15-18H2,1-3H3/t19-,20-,27-/m1/s1. The topological polar surface area (TPSA) is 56.2 Å². The first kappa shape index (κ1) is 26.0. The van der Waals surface area contributed by atoms with Gasteiger partial charge in [0.2, 0.25) is 0 Å². The number of alkyl halides is 2. The third kappa shape index (κ3) is 6.02. The Bertz CT molecular complexity index is 977. The van der Waals surface area contributed by atoms with Gasteiger partial charge in [0.25, 0.3) is 5.92 Å². The van der Waals surface area contributed by atoms with Crippen molar-refractivity contribution in [1.82, 2.24) is 9.80 Å². The molecule has 1 saturated heterocycles. The first-order valence-electron chi connectivity index (χ1n) is 12.7. The van der Waals surface area contributed by atoms with E-state index in [0.29, 0.717) is 13.0 Å². The first-order valence-corrected chi connectivity index (χ1v) is 12.7. The average molecular weight is 489 g/mol. The van der Waals surface area contributed by atoms with Gasteiger partial charge in [-0.25, -0.2) is 8.78 Å². The number of benzene rings is 2. The molecule has 3 atom stereocenters. The van der Waals surface area contributed by atoms with Gasteiger partial charge in [0.15, 0.2) is 0 Å². The van der Waals surface area contributed by atoms with Crippen LogP contribution in [0.4, 0.5) is 8.78 Å². The van der Waals surface area contributed by atoms with Gasteiger partial charge in [0.05, 0.1) is 18.7 Å². The molecule has 2 aliphatic heterocycles. The number of likely N-dealkylation sites (tertiary alicyclic amines) is 1. The van der Waals surface area contributed by atoms with E-state index in [1.807, 2.05) is 49.4 Å². The molecule has 1 fully saturated rings. The maximum absolute atomic E-state index is 14.3. The van der Waals surface area contributed by atoms with Gasteiger partial charge in [-0.1, -0.05) is 43.7 Å². The Hall–Kier alpha value is -2.06. The van der Waals surface area contributed by atoms with Crippen LogP contribution in [0, 0.1) is 5.92 Å². The van der Waals surface area contributed by atoms with Gasteiger partial charge in [0, 0.05) is 25.7 Å². The molecule has 5 nitrogen and oxygen atoms in total. The highest BCUT2D eigenvalue weighted by atomic mass is 19.3. The molecule has 0 aliphatic carbocycles. The Balaban J connectivity index is 1.54. The summed E-state index contributed by atoms with van der Waals surface area (Å²) in [4.78, 5) is 4.17. The van der Waals surface area contributed by atoms with Crippen molar-refractivity contribution in [3.63, 3.8) is 0 Å². The van der Waals surface area contributed by atoms with Crippen LogP contribution in [0.2, 0.25) is 0 Å². The molecule has 192 valence electrons. The normalized spacial score (nSPS) is 22.5. The Morgan fingerprint density at radius 1 is 1.14 bits per heavy atom. The summed E-state index contributed by atoms with van der Waals surface area (Å²) in [7, 11) is 0. The zero-order chi connectivity index (χ0) is 25.2. The van der Waals surface area contributed by atoms with E-state index in [-0.39, 0.29) is 12.1 Å². The van der Waals surface area contributed by atoms with Crippen molar-refractivity contribution in [3.8, 4) is 5.75 Å². The predicted octanol–water partition coefficient (Wildman–Crippen LogP) is 4.42. The van der Waals surface area contributed by atoms with E-state index in [1.54, 1.807) is 11.8 Å². The lowest BCUT2D eigenvalue weighted by atomic mass is 9.83. The second-order valence-electron chi connectivity index (χ2n) is 10.2. The highest BCUT2D eigenvalue weighted by Gasteiger charge is 2.40. The summed E-state index contributed by atoms with van der Waals surface area (Å²) in [5.74, 6) is -1.62. The fourth-order valence-electron chi connectivity index (χ4n) is 5.29. The molecule has 0 saturated carbocycles. The van der Waals surface area contributed by atoms with Crippen molar-refractivity contribution in [2.75, 3.05) is 39.4 Å². The molecule has 2 N–H and O–H groups in total. The Labute approximate surface area is 207 Å². The smallest absolute Gasteiger partial charge is 0.283 e. The van der Waals surface area contributed by atoms with Crippen molar-refractivity contribution in [2.24, 2.45) is 5.92 Å². The number of nitrogens with zero attached hydrogens (tertiary/aromatic N) is 2. The van der Waals surface area contributed by atoms with Crippen molar-refractivity contribution >= 4 is 0 Å². The minimum Gasteiger partial charge on any atom is -0.492 e. The van der Waals surface area contributed by atoms with E-state index in [9.17, 15) is 19.0 Å². The number of ether oxygens (including phenoxy) is 1. The quantitative estimate of drug-likeness (QED) is 0.519. The summed E-state index contributed by atoms with van der Waals surface area (Å²) in [6, 6.07) is 13.0. The summed E-state index contributed by atoms with van der Waals surface area (Å²) >= 11 is 0. The summed E-state index contributed by atoms with van der Waals surface area (Å²) < 4.78 is 34.6. The fourth-order valence-corrected chi connectivity index (χ4v) is 5.29. The molecule has 0 bridgehead atoms. The maximum Gasteiger partial charge on any atom is 0.283 e. The number of hydrogen-bond donors (Lipinski definition) is 2. The molecule has 2 aromatic carbocycles. The van der Waals surface area contributed by atoms with E-state index in [2.05, 4.69) is 11.8 Å². The van der Waals surface area contributed by atoms with Crippen LogP contribution >= 0.6 is 0 Å². The zero-order valence-electron chi connectivity index (χ0n) is 21.0. The van der Waals surface area contributed by atoms with E-state index in [1.165, 1.54) is 6.42 Å². The summed E-state index contributed by atoms with van der Waals surface area (Å²) in [5.41, 5.74) is 3.74. The van der Waals surface area contributed by atoms with Gasteiger partial charge in [-0.05, 0) is 60.6 Å². The predicted molar refractivity (Wildman–Crippen MR) is 133 cm³/mol. The van der Waals surface area contributed by atoms with Crippen LogP contribution in [0.1, 0.15) is 61.6 Å². The van der Waals surface area contributed by atoms with Crippen LogP contribution in [0.5, 0.6) is 5.75 Å². The minimum absolute atomic E-state index is 0.159. The lowest BCUT2D eigenvalue weighted by Crippen LogP contribution is -2.49. The van der Waals surface area contributed by atoms with Crippen molar-refractivity contribution in [2.45, 2.75) is 57.7 Å². The molecule has 4 rings (SSSR count). The second kappa shape index (κ2) is 10.9. The van der Waals surface area contributed by atoms with Crippen molar-refractivity contribution in [1.29, 1.82) is 0 Å². The fraction of sp³-hybridized carbons (Fsp3) is 0.571. The number of halogens is 2. The van der Waals surface area contributed by atoms with Crippen molar-refractivity contribution < 1.29 is 23.7 Å². The molecular formula is C28H38F2N2O3. The molecule has 7 heteroatoms. The Morgan fingerprint density at radius 2 is 1.86 bits per heavy atom. The van der Waals surface area contributed by atoms with Crippen LogP contribution < -0.4 is 4.74 Å². The highest BCUT2D eigenvalue weighted by Crippen LogP contribution is 2.40. The Kier molecular flexibility index (Phi) is 8.11. The van der Waals surface area contributed by atoms with Crippen LogP contribution in [0.25, 0.3) is 0 Å². The van der Waals surface area contributed by atoms with Gasteiger partial charge >= 0.3 is 0 Å². The summed E-state index contributed by atoms with van der Waals surface area (Å²) in [6.45, 7) is 7.99. The van der Waals surface area contributed by atoms with Gasteiger partial charge < -0.3 is 14.9 Å². The van der Waals surface area contributed by atoms with E-state index < -0.39 is 25.2 Å². The lowest BCUT2D eigenvalue weighted by molar-refractivity contribution is -0.0862. The van der Waals surface area contributed by atoms with Crippen molar-refractivity contribution in [3.05, 3.63) is 64.7 Å². The molecule has 35 heavy (non-hydrogen) atoms. The number of aliphatic hydroxyl groups is 2. The largest absolute Gasteiger partial charge is 0.492 e. The molecule has 0 spiro atoms. The molecule has 0 aromatic heterocycles. The van der Waals surface area contributed by atoms with Crippen LogP contribution in [0.3, 0.4) is 0 Å². The Morgan fingerprint density at radius 3 is 2.49 bits per heavy atom. The monoisotopic (exact) mass is 488 g/mol. The zero-order valence-corrected chi connectivity index (χ0v) is 21.0. The summed E-state index contributed by atoms with van der Waals surface area (Å²) in [5, 5.41) is 19.3. The molecular weight excluding hydrogens is 450 g/mol. The molecule has 2 aliphatic rings. The number of aliphatic hydroxyl groups excluding tert-OH is 2. The third-order valence-corrected chi connectivity index (χ3v) is 7.48. The lowest BCUT2D eigenvalue weighted by Gasteiger charge is -2.43. The molecule has 2 aromatic rings. The molecule has 0 unspecified atom stereocenters. The van der Waals surface area contributed by atoms with Crippen LogP contribution in [0.15, 0.2) is 42.5 Å². The summed E-state index contributed by atoms with van der Waals surface area (Å²) in [6.07, 6.45) is 1.24. The highest BCUT2D eigenvalue weighted by molar-refractivity contribution is 5.44. The van der Waals surface area contributed by atoms with Gasteiger partial charge in [-0.3, -0.25) is 9.80 Å². The van der Waals surface area contributed by atoms with E-state index >= 15 is 0 Å². The van der Waals surface area contributed by atoms with Gasteiger partial charge in [-0.2, -0.15) is 0 Å². The minimum atomic E-state index is -3.19. The number of fused-ring (bicyclic) bond motifs is 1. The molecule has 2 heterocycles. The second-order valence-corrected chi connectivity index (χ2v) is 10.2. The van der Waals surface area contributed by atoms with E-state index in [0.717, 1.165) is 53.6 Å². The van der Waals surface area contributed by atoms with Gasteiger partial charge in [-0.15, -0.1) is 0 Å². The number of hydrogen-bond acceptors (Lipinski definition) is 5. The maximum atomic E-state index is 14.3. The molecule has 0 amide bonds. The molecule has 0 radical (unpaired) electrons. The van der Waals surface area contributed by atoms with Crippen LogP contribution in [-0.2, 0) is 6.42 Å². The van der Waals surface area contributed by atoms with Crippen LogP contribution in [-0.4, -0.2) is 71.4 Å².